The first-order valence-electron chi connectivity index (χ1n) is 6.32. The largest absolute Gasteiger partial charge is 0.297 e. The highest BCUT2D eigenvalue weighted by atomic mass is 35.5. The Bertz CT molecular complexity index is 653. The summed E-state index contributed by atoms with van der Waals surface area (Å²) in [5.74, 6) is 0. The third-order valence-electron chi connectivity index (χ3n) is 2.99. The number of hydrogen-bond donors (Lipinski definition) is 0. The van der Waals surface area contributed by atoms with E-state index in [9.17, 15) is 5.26 Å². The lowest BCUT2D eigenvalue weighted by Crippen LogP contribution is -2.12. The molecule has 102 valence electrons. The monoisotopic (exact) mass is 285 g/mol. The van der Waals surface area contributed by atoms with Crippen LogP contribution >= 0.6 is 11.6 Å². The van der Waals surface area contributed by atoms with Crippen molar-refractivity contribution >= 4 is 22.9 Å². The fraction of sp³-hybridized carbons (Fsp3) is 0.250. The zero-order valence-corrected chi connectivity index (χ0v) is 12.5. The number of nitrogens with zero attached hydrogens (tertiary/aromatic N) is 3. The second-order valence-corrected chi connectivity index (χ2v) is 6.00. The van der Waals surface area contributed by atoms with Crippen LogP contribution in [0, 0.1) is 16.7 Å². The number of allylic oxidation sites excluding steroid dienone is 2. The number of imidazole rings is 1. The summed E-state index contributed by atoms with van der Waals surface area (Å²) in [6.07, 6.45) is 5.08. The Labute approximate surface area is 124 Å². The topological polar surface area (TPSA) is 41.6 Å². The first-order valence-corrected chi connectivity index (χ1v) is 6.70. The van der Waals surface area contributed by atoms with Gasteiger partial charge in [-0.15, -0.1) is 0 Å². The van der Waals surface area contributed by atoms with E-state index in [-0.39, 0.29) is 5.41 Å². The van der Waals surface area contributed by atoms with Crippen molar-refractivity contribution in [2.45, 2.75) is 20.8 Å². The van der Waals surface area contributed by atoms with Crippen LogP contribution in [-0.4, -0.2) is 9.55 Å². The number of benzene rings is 1. The number of aromatic nitrogens is 2. The van der Waals surface area contributed by atoms with Gasteiger partial charge in [0.2, 0.25) is 0 Å². The van der Waals surface area contributed by atoms with Gasteiger partial charge in [-0.3, -0.25) is 4.57 Å². The molecule has 1 aromatic carbocycles. The van der Waals surface area contributed by atoms with Crippen molar-refractivity contribution in [1.29, 1.82) is 5.26 Å². The predicted molar refractivity (Wildman–Crippen MR) is 81.9 cm³/mol. The minimum Gasteiger partial charge on any atom is -0.297 e. The van der Waals surface area contributed by atoms with Crippen LogP contribution in [0.15, 0.2) is 43.0 Å². The Kier molecular flexibility index (Phi) is 3.96. The molecule has 2 aromatic rings. The van der Waals surface area contributed by atoms with Crippen LogP contribution < -0.4 is 0 Å². The number of nitriles is 1. The molecule has 0 spiro atoms. The van der Waals surface area contributed by atoms with Crippen molar-refractivity contribution in [3.05, 3.63) is 53.6 Å². The molecule has 0 saturated carbocycles. The first kappa shape index (κ1) is 14.4. The second-order valence-electron chi connectivity index (χ2n) is 5.56. The van der Waals surface area contributed by atoms with Crippen LogP contribution in [0.3, 0.4) is 0 Å². The van der Waals surface area contributed by atoms with Gasteiger partial charge in [0.15, 0.2) is 0 Å². The van der Waals surface area contributed by atoms with E-state index in [1.165, 1.54) is 0 Å². The zero-order valence-electron chi connectivity index (χ0n) is 11.8. The highest BCUT2D eigenvalue weighted by molar-refractivity contribution is 6.30. The molecule has 0 radical (unpaired) electrons. The standard InChI is InChI=1S/C16H16ClN3/c1-16(2,3)15(12-4-6-13(17)7-5-12)14(10-18)20-9-8-19-11-20/h4-9,11H,1-3H3/b15-14+. The number of hydrogen-bond acceptors (Lipinski definition) is 2. The summed E-state index contributed by atoms with van der Waals surface area (Å²) in [4.78, 5) is 4.02. The Morgan fingerprint density at radius 3 is 2.35 bits per heavy atom. The molecule has 4 heteroatoms. The van der Waals surface area contributed by atoms with Crippen LogP contribution in [0.2, 0.25) is 5.02 Å². The Balaban J connectivity index is 2.70. The molecule has 20 heavy (non-hydrogen) atoms. The fourth-order valence-electron chi connectivity index (χ4n) is 2.18. The molecule has 0 amide bonds. The van der Waals surface area contributed by atoms with E-state index >= 15 is 0 Å². The molecule has 0 aliphatic carbocycles. The molecular weight excluding hydrogens is 270 g/mol. The van der Waals surface area contributed by atoms with Crippen LogP contribution in [-0.2, 0) is 0 Å². The van der Waals surface area contributed by atoms with Crippen LogP contribution in [0.4, 0.5) is 0 Å². The van der Waals surface area contributed by atoms with Gasteiger partial charge in [0.25, 0.3) is 0 Å². The van der Waals surface area contributed by atoms with Gasteiger partial charge in [0, 0.05) is 17.4 Å². The molecule has 2 rings (SSSR count). The summed E-state index contributed by atoms with van der Waals surface area (Å²) < 4.78 is 1.75. The van der Waals surface area contributed by atoms with Crippen molar-refractivity contribution in [3.63, 3.8) is 0 Å². The van der Waals surface area contributed by atoms with Crippen molar-refractivity contribution in [2.75, 3.05) is 0 Å². The lowest BCUT2D eigenvalue weighted by atomic mass is 9.81. The summed E-state index contributed by atoms with van der Waals surface area (Å²) >= 11 is 5.95. The molecular formula is C16H16ClN3. The summed E-state index contributed by atoms with van der Waals surface area (Å²) in [6.45, 7) is 6.27. The summed E-state index contributed by atoms with van der Waals surface area (Å²) in [6, 6.07) is 9.85. The highest BCUT2D eigenvalue weighted by Crippen LogP contribution is 2.38. The minimum atomic E-state index is -0.177. The smallest absolute Gasteiger partial charge is 0.129 e. The number of halogens is 1. The average Bonchev–Trinajstić information content (AvgIpc) is 2.89. The normalized spacial score (nSPS) is 12.8. The van der Waals surface area contributed by atoms with Gasteiger partial charge >= 0.3 is 0 Å². The van der Waals surface area contributed by atoms with Crippen molar-refractivity contribution < 1.29 is 0 Å². The number of rotatable bonds is 2. The maximum absolute atomic E-state index is 9.56. The van der Waals surface area contributed by atoms with Gasteiger partial charge in [-0.25, -0.2) is 4.98 Å². The molecule has 0 unspecified atom stereocenters. The van der Waals surface area contributed by atoms with Gasteiger partial charge in [-0.2, -0.15) is 5.26 Å². The van der Waals surface area contributed by atoms with Crippen LogP contribution in [0.1, 0.15) is 26.3 Å². The van der Waals surface area contributed by atoms with E-state index in [1.807, 2.05) is 24.3 Å². The third kappa shape index (κ3) is 2.92. The molecule has 3 nitrogen and oxygen atoms in total. The van der Waals surface area contributed by atoms with Crippen molar-refractivity contribution in [3.8, 4) is 6.07 Å². The average molecular weight is 286 g/mol. The van der Waals surface area contributed by atoms with E-state index in [0.29, 0.717) is 10.7 Å². The van der Waals surface area contributed by atoms with Gasteiger partial charge in [-0.05, 0) is 28.7 Å². The molecule has 0 saturated heterocycles. The van der Waals surface area contributed by atoms with E-state index < -0.39 is 0 Å². The molecule has 0 bridgehead atoms. The van der Waals surface area contributed by atoms with E-state index in [4.69, 9.17) is 11.6 Å². The van der Waals surface area contributed by atoms with Crippen molar-refractivity contribution in [1.82, 2.24) is 9.55 Å². The van der Waals surface area contributed by atoms with Gasteiger partial charge in [0.1, 0.15) is 11.8 Å². The first-order chi connectivity index (χ1) is 9.43. The molecule has 0 N–H and O–H groups in total. The quantitative estimate of drug-likeness (QED) is 0.764. The summed E-state index contributed by atoms with van der Waals surface area (Å²) in [5.41, 5.74) is 2.36. The predicted octanol–water partition coefficient (Wildman–Crippen LogP) is 4.47. The lowest BCUT2D eigenvalue weighted by Gasteiger charge is -2.25. The maximum Gasteiger partial charge on any atom is 0.129 e. The molecule has 0 atom stereocenters. The second kappa shape index (κ2) is 5.52. The van der Waals surface area contributed by atoms with Crippen molar-refractivity contribution in [2.24, 2.45) is 5.41 Å². The molecule has 1 aromatic heterocycles. The van der Waals surface area contributed by atoms with Gasteiger partial charge < -0.3 is 0 Å². The maximum atomic E-state index is 9.56. The van der Waals surface area contributed by atoms with E-state index in [1.54, 1.807) is 23.3 Å². The van der Waals surface area contributed by atoms with E-state index in [2.05, 4.69) is 31.8 Å². The Morgan fingerprint density at radius 1 is 1.25 bits per heavy atom. The summed E-state index contributed by atoms with van der Waals surface area (Å²) in [7, 11) is 0. The lowest BCUT2D eigenvalue weighted by molar-refractivity contribution is 0.566. The Hall–Kier alpha value is -2.05. The fourth-order valence-corrected chi connectivity index (χ4v) is 2.30. The van der Waals surface area contributed by atoms with Crippen LogP contribution in [0.5, 0.6) is 0 Å². The molecule has 1 heterocycles. The Morgan fingerprint density at radius 2 is 1.90 bits per heavy atom. The minimum absolute atomic E-state index is 0.177. The summed E-state index contributed by atoms with van der Waals surface area (Å²) in [5, 5.41) is 10.2. The zero-order chi connectivity index (χ0) is 14.8. The van der Waals surface area contributed by atoms with Gasteiger partial charge in [-0.1, -0.05) is 44.5 Å². The van der Waals surface area contributed by atoms with Gasteiger partial charge in [0.05, 0.1) is 6.33 Å². The molecule has 0 aliphatic rings. The van der Waals surface area contributed by atoms with Crippen LogP contribution in [0.25, 0.3) is 11.3 Å². The highest BCUT2D eigenvalue weighted by Gasteiger charge is 2.24. The van der Waals surface area contributed by atoms with E-state index in [0.717, 1.165) is 11.1 Å². The molecule has 0 aliphatic heterocycles. The third-order valence-corrected chi connectivity index (χ3v) is 3.24. The SMILES string of the molecule is CC(C)(C)/C(=C(\C#N)n1ccnc1)c1ccc(Cl)cc1. The molecule has 0 fully saturated rings.